The largest absolute Gasteiger partial charge is 0.371 e. The second kappa shape index (κ2) is 7.59. The van der Waals surface area contributed by atoms with Crippen LogP contribution in [0.5, 0.6) is 0 Å². The zero-order chi connectivity index (χ0) is 16.1. The zero-order valence-electron chi connectivity index (χ0n) is 13.0. The number of carbonyl (C=O) groups excluding carboxylic acids is 1. The first-order valence-electron chi connectivity index (χ1n) is 8.00. The Kier molecular flexibility index (Phi) is 5.28. The lowest BCUT2D eigenvalue weighted by atomic mass is 10.2. The van der Waals surface area contributed by atoms with E-state index in [0.29, 0.717) is 5.69 Å². The van der Waals surface area contributed by atoms with E-state index in [1.54, 1.807) is 6.20 Å². The molecule has 1 N–H and O–H groups in total. The third-order valence-corrected chi connectivity index (χ3v) is 4.58. The highest BCUT2D eigenvalue weighted by Gasteiger charge is 2.13. The molecule has 4 nitrogen and oxygen atoms in total. The zero-order valence-corrected chi connectivity index (χ0v) is 14.6. The lowest BCUT2D eigenvalue weighted by Gasteiger charge is -2.22. The molecule has 1 fully saturated rings. The lowest BCUT2D eigenvalue weighted by Crippen LogP contribution is -2.24. The molecular formula is C18H20BrN3O. The number of benzene rings is 1. The van der Waals surface area contributed by atoms with Crippen LogP contribution >= 0.6 is 15.9 Å². The van der Waals surface area contributed by atoms with E-state index in [1.807, 2.05) is 36.4 Å². The number of rotatable bonds is 3. The van der Waals surface area contributed by atoms with Gasteiger partial charge >= 0.3 is 0 Å². The number of anilines is 2. The molecule has 0 radical (unpaired) electrons. The molecule has 0 aliphatic carbocycles. The first-order valence-corrected chi connectivity index (χ1v) is 8.79. The minimum atomic E-state index is -0.177. The van der Waals surface area contributed by atoms with Gasteiger partial charge in [-0.15, -0.1) is 0 Å². The quantitative estimate of drug-likeness (QED) is 0.862. The van der Waals surface area contributed by atoms with Crippen LogP contribution in [0.15, 0.2) is 47.1 Å². The third-order valence-electron chi connectivity index (χ3n) is 4.05. The van der Waals surface area contributed by atoms with Crippen molar-refractivity contribution in [3.8, 4) is 0 Å². The SMILES string of the molecule is O=C(Nc1ccc(Br)cc1)c1cc(N2CCCCCC2)ccn1. The van der Waals surface area contributed by atoms with E-state index in [9.17, 15) is 4.79 Å². The van der Waals surface area contributed by atoms with Crippen molar-refractivity contribution in [1.29, 1.82) is 0 Å². The summed E-state index contributed by atoms with van der Waals surface area (Å²) in [7, 11) is 0. The predicted molar refractivity (Wildman–Crippen MR) is 97.0 cm³/mol. The van der Waals surface area contributed by atoms with Crippen LogP contribution < -0.4 is 10.2 Å². The number of hydrogen-bond donors (Lipinski definition) is 1. The molecule has 1 saturated heterocycles. The summed E-state index contributed by atoms with van der Waals surface area (Å²) in [6.07, 6.45) is 6.72. The Labute approximate surface area is 145 Å². The predicted octanol–water partition coefficient (Wildman–Crippen LogP) is 4.48. The highest BCUT2D eigenvalue weighted by atomic mass is 79.9. The number of aromatic nitrogens is 1. The summed E-state index contributed by atoms with van der Waals surface area (Å²) in [6, 6.07) is 11.4. The van der Waals surface area contributed by atoms with Crippen LogP contribution in [0.3, 0.4) is 0 Å². The van der Waals surface area contributed by atoms with Crippen molar-refractivity contribution in [2.45, 2.75) is 25.7 Å². The van der Waals surface area contributed by atoms with Crippen LogP contribution in [0.2, 0.25) is 0 Å². The molecule has 0 atom stereocenters. The van der Waals surface area contributed by atoms with E-state index in [2.05, 4.69) is 31.1 Å². The maximum Gasteiger partial charge on any atom is 0.274 e. The molecule has 0 spiro atoms. The normalized spacial score (nSPS) is 15.1. The van der Waals surface area contributed by atoms with Crippen LogP contribution in [0.4, 0.5) is 11.4 Å². The van der Waals surface area contributed by atoms with E-state index in [0.717, 1.165) is 28.9 Å². The number of amides is 1. The number of pyridine rings is 1. The van der Waals surface area contributed by atoms with Crippen LogP contribution in [-0.4, -0.2) is 24.0 Å². The molecule has 1 aromatic carbocycles. The maximum absolute atomic E-state index is 12.4. The summed E-state index contributed by atoms with van der Waals surface area (Å²) in [5.74, 6) is -0.177. The monoisotopic (exact) mass is 373 g/mol. The summed E-state index contributed by atoms with van der Waals surface area (Å²) in [4.78, 5) is 19.0. The standard InChI is InChI=1S/C18H20BrN3O/c19-14-5-7-15(8-6-14)21-18(23)17-13-16(9-10-20-17)22-11-3-1-2-4-12-22/h5-10,13H,1-4,11-12H2,(H,21,23). The van der Waals surface area contributed by atoms with Crippen molar-refractivity contribution in [2.24, 2.45) is 0 Å². The fraction of sp³-hybridized carbons (Fsp3) is 0.333. The minimum Gasteiger partial charge on any atom is -0.371 e. The molecule has 0 bridgehead atoms. The van der Waals surface area contributed by atoms with E-state index < -0.39 is 0 Å². The number of halogens is 1. The highest BCUT2D eigenvalue weighted by Crippen LogP contribution is 2.20. The fourth-order valence-corrected chi connectivity index (χ4v) is 3.06. The number of nitrogens with one attached hydrogen (secondary N) is 1. The van der Waals surface area contributed by atoms with E-state index in [4.69, 9.17) is 0 Å². The average Bonchev–Trinajstić information content (AvgIpc) is 2.86. The minimum absolute atomic E-state index is 0.177. The topological polar surface area (TPSA) is 45.2 Å². The van der Waals surface area contributed by atoms with Gasteiger partial charge in [-0.1, -0.05) is 28.8 Å². The Bertz CT molecular complexity index is 664. The molecular weight excluding hydrogens is 354 g/mol. The van der Waals surface area contributed by atoms with Crippen LogP contribution in [0.1, 0.15) is 36.2 Å². The first kappa shape index (κ1) is 16.0. The Balaban J connectivity index is 1.73. The van der Waals surface area contributed by atoms with E-state index >= 15 is 0 Å². The number of hydrogen-bond acceptors (Lipinski definition) is 3. The van der Waals surface area contributed by atoms with Crippen molar-refractivity contribution >= 4 is 33.2 Å². The van der Waals surface area contributed by atoms with Crippen molar-refractivity contribution in [3.05, 3.63) is 52.8 Å². The summed E-state index contributed by atoms with van der Waals surface area (Å²) in [6.45, 7) is 2.11. The Morgan fingerprint density at radius 1 is 1.04 bits per heavy atom. The summed E-state index contributed by atoms with van der Waals surface area (Å²) < 4.78 is 0.983. The van der Waals surface area contributed by atoms with E-state index in [1.165, 1.54) is 25.7 Å². The van der Waals surface area contributed by atoms with Crippen LogP contribution in [-0.2, 0) is 0 Å². The molecule has 1 aromatic heterocycles. The van der Waals surface area contributed by atoms with Gasteiger partial charge in [-0.25, -0.2) is 0 Å². The molecule has 1 aliphatic rings. The van der Waals surface area contributed by atoms with Gasteiger partial charge in [0.2, 0.25) is 0 Å². The highest BCUT2D eigenvalue weighted by molar-refractivity contribution is 9.10. The summed E-state index contributed by atoms with van der Waals surface area (Å²) >= 11 is 3.39. The van der Waals surface area contributed by atoms with Crippen LogP contribution in [0.25, 0.3) is 0 Å². The van der Waals surface area contributed by atoms with Crippen LogP contribution in [0, 0.1) is 0 Å². The van der Waals surface area contributed by atoms with Crippen molar-refractivity contribution in [1.82, 2.24) is 4.98 Å². The van der Waals surface area contributed by atoms with Crippen molar-refractivity contribution in [3.63, 3.8) is 0 Å². The lowest BCUT2D eigenvalue weighted by molar-refractivity contribution is 0.102. The van der Waals surface area contributed by atoms with Gasteiger partial charge in [-0.2, -0.15) is 0 Å². The van der Waals surface area contributed by atoms with Gasteiger partial charge in [0.25, 0.3) is 5.91 Å². The fourth-order valence-electron chi connectivity index (χ4n) is 2.80. The van der Waals surface area contributed by atoms with Gasteiger partial charge in [0.15, 0.2) is 0 Å². The molecule has 2 heterocycles. The molecule has 0 unspecified atom stereocenters. The second-order valence-corrected chi connectivity index (χ2v) is 6.68. The Morgan fingerprint density at radius 2 is 1.74 bits per heavy atom. The van der Waals surface area contributed by atoms with Gasteiger partial charge in [0.1, 0.15) is 5.69 Å². The van der Waals surface area contributed by atoms with Gasteiger partial charge < -0.3 is 10.2 Å². The molecule has 1 amide bonds. The van der Waals surface area contributed by atoms with E-state index in [-0.39, 0.29) is 5.91 Å². The molecule has 3 rings (SSSR count). The molecule has 23 heavy (non-hydrogen) atoms. The molecule has 2 aromatic rings. The second-order valence-electron chi connectivity index (χ2n) is 5.76. The average molecular weight is 374 g/mol. The summed E-state index contributed by atoms with van der Waals surface area (Å²) in [5.41, 5.74) is 2.30. The molecule has 120 valence electrons. The number of carbonyl (C=O) groups is 1. The van der Waals surface area contributed by atoms with Gasteiger partial charge in [-0.05, 0) is 49.2 Å². The summed E-state index contributed by atoms with van der Waals surface area (Å²) in [5, 5.41) is 2.89. The smallest absolute Gasteiger partial charge is 0.274 e. The Morgan fingerprint density at radius 3 is 2.43 bits per heavy atom. The van der Waals surface area contributed by atoms with Crippen molar-refractivity contribution < 1.29 is 4.79 Å². The third kappa shape index (κ3) is 4.32. The molecule has 1 aliphatic heterocycles. The molecule has 0 saturated carbocycles. The van der Waals surface area contributed by atoms with Gasteiger partial charge in [0, 0.05) is 35.1 Å². The molecule has 5 heteroatoms. The van der Waals surface area contributed by atoms with Gasteiger partial charge in [0.05, 0.1) is 0 Å². The number of nitrogens with zero attached hydrogens (tertiary/aromatic N) is 2. The Hall–Kier alpha value is -1.88. The van der Waals surface area contributed by atoms with Crippen molar-refractivity contribution in [2.75, 3.05) is 23.3 Å². The first-order chi connectivity index (χ1) is 11.2. The van der Waals surface area contributed by atoms with Gasteiger partial charge in [-0.3, -0.25) is 9.78 Å². The maximum atomic E-state index is 12.4.